The molecular weight excluding hydrogens is 360 g/mol. The Morgan fingerprint density at radius 1 is 1.07 bits per heavy atom. The second-order valence-electron chi connectivity index (χ2n) is 6.29. The van der Waals surface area contributed by atoms with E-state index in [0.29, 0.717) is 4.90 Å². The summed E-state index contributed by atoms with van der Waals surface area (Å²) in [6, 6.07) is 16.8. The Labute approximate surface area is 159 Å². The van der Waals surface area contributed by atoms with Gasteiger partial charge in [0.2, 0.25) is 0 Å². The fourth-order valence-corrected chi connectivity index (χ4v) is 3.93. The first-order valence-corrected chi connectivity index (χ1v) is 10.2. The van der Waals surface area contributed by atoms with Gasteiger partial charge in [0.25, 0.3) is 0 Å². The molecule has 0 aliphatic carbocycles. The van der Waals surface area contributed by atoms with Gasteiger partial charge in [-0.25, -0.2) is 13.1 Å². The van der Waals surface area contributed by atoms with Gasteiger partial charge in [-0.1, -0.05) is 36.4 Å². The summed E-state index contributed by atoms with van der Waals surface area (Å²) in [5.74, 6) is -0.0319. The zero-order chi connectivity index (χ0) is 19.4. The van der Waals surface area contributed by atoms with Crippen molar-refractivity contribution in [1.82, 2.24) is 9.78 Å². The van der Waals surface area contributed by atoms with E-state index in [1.54, 1.807) is 30.5 Å². The molecule has 0 unspecified atom stereocenters. The third kappa shape index (κ3) is 4.18. The SMILES string of the molecule is C=C(C)c1ccc(-n2nccc2-c2ccc(S(=O)(=O)CCOC)cc2)cc1. The summed E-state index contributed by atoms with van der Waals surface area (Å²) in [4.78, 5) is 0.292. The van der Waals surface area contributed by atoms with Gasteiger partial charge in [-0.15, -0.1) is 0 Å². The molecule has 3 aromatic rings. The van der Waals surface area contributed by atoms with Crippen LogP contribution in [0.25, 0.3) is 22.5 Å². The van der Waals surface area contributed by atoms with Gasteiger partial charge in [0.15, 0.2) is 9.84 Å². The summed E-state index contributed by atoms with van der Waals surface area (Å²) in [6.45, 7) is 6.10. The van der Waals surface area contributed by atoms with Crippen molar-refractivity contribution in [3.63, 3.8) is 0 Å². The third-order valence-corrected chi connectivity index (χ3v) is 6.01. The van der Waals surface area contributed by atoms with E-state index in [0.717, 1.165) is 28.1 Å². The molecule has 0 N–H and O–H groups in total. The summed E-state index contributed by atoms with van der Waals surface area (Å²) >= 11 is 0. The average Bonchev–Trinajstić information content (AvgIpc) is 3.16. The molecule has 0 spiro atoms. The molecule has 0 saturated heterocycles. The van der Waals surface area contributed by atoms with Gasteiger partial charge in [-0.3, -0.25) is 0 Å². The van der Waals surface area contributed by atoms with Crippen LogP contribution < -0.4 is 0 Å². The van der Waals surface area contributed by atoms with Crippen LogP contribution in [0, 0.1) is 0 Å². The van der Waals surface area contributed by atoms with Crippen molar-refractivity contribution in [1.29, 1.82) is 0 Å². The molecule has 0 bridgehead atoms. The summed E-state index contributed by atoms with van der Waals surface area (Å²) in [5, 5.41) is 4.41. The van der Waals surface area contributed by atoms with E-state index >= 15 is 0 Å². The lowest BCUT2D eigenvalue weighted by molar-refractivity contribution is 0.217. The zero-order valence-electron chi connectivity index (χ0n) is 15.4. The third-order valence-electron chi connectivity index (χ3n) is 4.31. The number of sulfone groups is 1. The molecule has 0 aliphatic heterocycles. The summed E-state index contributed by atoms with van der Waals surface area (Å²) in [5.41, 5.74) is 4.79. The van der Waals surface area contributed by atoms with Crippen molar-refractivity contribution < 1.29 is 13.2 Å². The molecule has 5 nitrogen and oxygen atoms in total. The van der Waals surface area contributed by atoms with E-state index in [-0.39, 0.29) is 12.4 Å². The minimum atomic E-state index is -3.34. The maximum Gasteiger partial charge on any atom is 0.180 e. The predicted molar refractivity (Wildman–Crippen MR) is 108 cm³/mol. The van der Waals surface area contributed by atoms with Gasteiger partial charge in [0.05, 0.1) is 34.8 Å². The van der Waals surface area contributed by atoms with E-state index < -0.39 is 9.84 Å². The van der Waals surface area contributed by atoms with Gasteiger partial charge in [-0.2, -0.15) is 5.10 Å². The Hall–Kier alpha value is -2.70. The Kier molecular flexibility index (Phi) is 5.58. The molecule has 0 radical (unpaired) electrons. The quantitative estimate of drug-likeness (QED) is 0.620. The number of ether oxygens (including phenoxy) is 1. The smallest absolute Gasteiger partial charge is 0.180 e. The van der Waals surface area contributed by atoms with E-state index in [1.807, 2.05) is 41.9 Å². The van der Waals surface area contributed by atoms with Crippen LogP contribution in [0.2, 0.25) is 0 Å². The zero-order valence-corrected chi connectivity index (χ0v) is 16.2. The van der Waals surface area contributed by atoms with E-state index in [2.05, 4.69) is 11.7 Å². The highest BCUT2D eigenvalue weighted by Crippen LogP contribution is 2.25. The molecular formula is C21H22N2O3S. The Morgan fingerprint density at radius 2 is 1.74 bits per heavy atom. The van der Waals surface area contributed by atoms with Crippen molar-refractivity contribution in [2.75, 3.05) is 19.5 Å². The Bertz CT molecular complexity index is 1030. The lowest BCUT2D eigenvalue weighted by atomic mass is 10.1. The second kappa shape index (κ2) is 7.90. The van der Waals surface area contributed by atoms with Crippen molar-refractivity contribution in [2.45, 2.75) is 11.8 Å². The van der Waals surface area contributed by atoms with Crippen LogP contribution in [0.1, 0.15) is 12.5 Å². The number of allylic oxidation sites excluding steroid dienone is 1. The standard InChI is InChI=1S/C21H22N2O3S/c1-16(2)17-4-8-19(9-5-17)23-21(12-13-22-23)18-6-10-20(11-7-18)27(24,25)15-14-26-3/h4-13H,1,14-15H2,2-3H3. The van der Waals surface area contributed by atoms with Crippen LogP contribution in [0.5, 0.6) is 0 Å². The van der Waals surface area contributed by atoms with E-state index in [9.17, 15) is 8.42 Å². The van der Waals surface area contributed by atoms with Crippen molar-refractivity contribution in [3.05, 3.63) is 72.9 Å². The summed E-state index contributed by atoms with van der Waals surface area (Å²) < 4.78 is 31.2. The number of hydrogen-bond acceptors (Lipinski definition) is 4. The van der Waals surface area contributed by atoms with Crippen molar-refractivity contribution >= 4 is 15.4 Å². The Morgan fingerprint density at radius 3 is 2.33 bits per heavy atom. The van der Waals surface area contributed by atoms with Gasteiger partial charge >= 0.3 is 0 Å². The predicted octanol–water partition coefficient (Wildman–Crippen LogP) is 3.99. The maximum atomic E-state index is 12.3. The number of methoxy groups -OCH3 is 1. The van der Waals surface area contributed by atoms with E-state index in [4.69, 9.17) is 4.74 Å². The van der Waals surface area contributed by atoms with Gasteiger partial charge in [0, 0.05) is 12.7 Å². The van der Waals surface area contributed by atoms with Crippen LogP contribution in [0.15, 0.2) is 72.3 Å². The molecule has 2 aromatic carbocycles. The van der Waals surface area contributed by atoms with Gasteiger partial charge in [0.1, 0.15) is 0 Å². The van der Waals surface area contributed by atoms with Gasteiger partial charge in [-0.05, 0) is 42.8 Å². The van der Waals surface area contributed by atoms with Crippen LogP contribution in [0.3, 0.4) is 0 Å². The monoisotopic (exact) mass is 382 g/mol. The summed E-state index contributed by atoms with van der Waals surface area (Å²) in [6.07, 6.45) is 1.73. The molecule has 140 valence electrons. The van der Waals surface area contributed by atoms with Crippen molar-refractivity contribution in [3.8, 4) is 16.9 Å². The molecule has 1 aromatic heterocycles. The van der Waals surface area contributed by atoms with Crippen molar-refractivity contribution in [2.24, 2.45) is 0 Å². The minimum Gasteiger partial charge on any atom is -0.384 e. The second-order valence-corrected chi connectivity index (χ2v) is 8.40. The maximum absolute atomic E-state index is 12.3. The highest BCUT2D eigenvalue weighted by Gasteiger charge is 2.15. The number of nitrogens with zero attached hydrogens (tertiary/aromatic N) is 2. The van der Waals surface area contributed by atoms with Crippen LogP contribution in [0.4, 0.5) is 0 Å². The molecule has 1 heterocycles. The molecule has 0 amide bonds. The largest absolute Gasteiger partial charge is 0.384 e. The first kappa shape index (κ1) is 19.1. The molecule has 0 fully saturated rings. The van der Waals surface area contributed by atoms with E-state index in [1.165, 1.54) is 7.11 Å². The van der Waals surface area contributed by atoms with Gasteiger partial charge < -0.3 is 4.74 Å². The summed E-state index contributed by atoms with van der Waals surface area (Å²) in [7, 11) is -1.85. The van der Waals surface area contributed by atoms with Crippen LogP contribution in [-0.2, 0) is 14.6 Å². The fourth-order valence-electron chi connectivity index (χ4n) is 2.76. The molecule has 0 aliphatic rings. The Balaban J connectivity index is 1.90. The highest BCUT2D eigenvalue weighted by molar-refractivity contribution is 7.91. The van der Waals surface area contributed by atoms with Crippen LogP contribution in [-0.4, -0.2) is 37.7 Å². The fraction of sp³-hybridized carbons (Fsp3) is 0.190. The number of hydrogen-bond donors (Lipinski definition) is 0. The molecule has 6 heteroatoms. The topological polar surface area (TPSA) is 61.2 Å². The molecule has 3 rings (SSSR count). The number of rotatable bonds is 7. The highest BCUT2D eigenvalue weighted by atomic mass is 32.2. The lowest BCUT2D eigenvalue weighted by Gasteiger charge is -2.10. The number of aromatic nitrogens is 2. The first-order valence-electron chi connectivity index (χ1n) is 8.55. The first-order chi connectivity index (χ1) is 12.9. The van der Waals surface area contributed by atoms with Crippen LogP contribution >= 0.6 is 0 Å². The molecule has 0 saturated carbocycles. The molecule has 27 heavy (non-hydrogen) atoms. The lowest BCUT2D eigenvalue weighted by Crippen LogP contribution is -2.11. The average molecular weight is 382 g/mol. The number of benzene rings is 2. The minimum absolute atomic E-state index is 0.0319. The molecule has 0 atom stereocenters. The normalized spacial score (nSPS) is 11.5.